The van der Waals surface area contributed by atoms with E-state index in [1.165, 1.54) is 13.2 Å². The first-order chi connectivity index (χ1) is 14.5. The largest absolute Gasteiger partial charge is 0.465 e. The lowest BCUT2D eigenvalue weighted by atomic mass is 10.1. The zero-order chi connectivity index (χ0) is 21.5. The van der Waals surface area contributed by atoms with Crippen LogP contribution < -0.4 is 10.6 Å². The van der Waals surface area contributed by atoms with Gasteiger partial charge in [-0.05, 0) is 55.0 Å². The second-order valence-corrected chi connectivity index (χ2v) is 6.71. The Labute approximate surface area is 174 Å². The molecule has 0 aliphatic heterocycles. The van der Waals surface area contributed by atoms with E-state index in [1.54, 1.807) is 48.5 Å². The van der Waals surface area contributed by atoms with Crippen molar-refractivity contribution in [2.75, 3.05) is 12.4 Å². The highest BCUT2D eigenvalue weighted by Crippen LogP contribution is 2.19. The third kappa shape index (κ3) is 5.11. The predicted molar refractivity (Wildman–Crippen MR) is 114 cm³/mol. The van der Waals surface area contributed by atoms with Crippen LogP contribution in [0.1, 0.15) is 49.6 Å². The van der Waals surface area contributed by atoms with Crippen molar-refractivity contribution in [2.24, 2.45) is 0 Å². The number of anilines is 1. The molecule has 0 heterocycles. The molecule has 0 radical (unpaired) electrons. The van der Waals surface area contributed by atoms with Crippen LogP contribution in [0.4, 0.5) is 5.69 Å². The van der Waals surface area contributed by atoms with Gasteiger partial charge in [0, 0.05) is 16.8 Å². The minimum absolute atomic E-state index is 0.205. The summed E-state index contributed by atoms with van der Waals surface area (Å²) in [5, 5.41) is 5.77. The van der Waals surface area contributed by atoms with Gasteiger partial charge in [0.05, 0.1) is 18.7 Å². The van der Waals surface area contributed by atoms with Gasteiger partial charge in [-0.2, -0.15) is 0 Å². The number of hydrogen-bond acceptors (Lipinski definition) is 4. The molecule has 3 rings (SSSR count). The van der Waals surface area contributed by atoms with Crippen LogP contribution in [0.5, 0.6) is 0 Å². The van der Waals surface area contributed by atoms with E-state index >= 15 is 0 Å². The molecule has 3 aromatic carbocycles. The zero-order valence-corrected chi connectivity index (χ0v) is 16.7. The Morgan fingerprint density at radius 1 is 0.767 bits per heavy atom. The maximum atomic E-state index is 12.6. The van der Waals surface area contributed by atoms with Crippen molar-refractivity contribution in [3.8, 4) is 0 Å². The molecule has 0 unspecified atom stereocenters. The Morgan fingerprint density at radius 2 is 1.43 bits per heavy atom. The smallest absolute Gasteiger partial charge is 0.337 e. The molecular weight excluding hydrogens is 380 g/mol. The molecule has 2 N–H and O–H groups in total. The number of rotatable bonds is 6. The van der Waals surface area contributed by atoms with Crippen molar-refractivity contribution in [3.63, 3.8) is 0 Å². The van der Waals surface area contributed by atoms with Crippen LogP contribution in [0, 0.1) is 0 Å². The average molecular weight is 402 g/mol. The maximum Gasteiger partial charge on any atom is 0.337 e. The van der Waals surface area contributed by atoms with Gasteiger partial charge in [-0.15, -0.1) is 0 Å². The van der Waals surface area contributed by atoms with Crippen LogP contribution >= 0.6 is 0 Å². The summed E-state index contributed by atoms with van der Waals surface area (Å²) < 4.78 is 4.69. The minimum atomic E-state index is -0.500. The van der Waals surface area contributed by atoms with E-state index in [1.807, 2.05) is 31.2 Å². The van der Waals surface area contributed by atoms with Gasteiger partial charge >= 0.3 is 5.97 Å². The van der Waals surface area contributed by atoms with Gasteiger partial charge in [-0.25, -0.2) is 4.79 Å². The van der Waals surface area contributed by atoms with E-state index in [9.17, 15) is 14.4 Å². The highest BCUT2D eigenvalue weighted by atomic mass is 16.5. The van der Waals surface area contributed by atoms with Gasteiger partial charge in [-0.1, -0.05) is 36.4 Å². The molecule has 2 amide bonds. The fourth-order valence-electron chi connectivity index (χ4n) is 2.95. The van der Waals surface area contributed by atoms with Crippen LogP contribution in [-0.2, 0) is 4.74 Å². The number of ether oxygens (including phenoxy) is 1. The van der Waals surface area contributed by atoms with Gasteiger partial charge < -0.3 is 15.4 Å². The van der Waals surface area contributed by atoms with E-state index in [2.05, 4.69) is 10.6 Å². The fraction of sp³-hybridized carbons (Fsp3) is 0.125. The number of hydrogen-bond donors (Lipinski definition) is 2. The summed E-state index contributed by atoms with van der Waals surface area (Å²) in [5.74, 6) is -1.02. The van der Waals surface area contributed by atoms with E-state index in [-0.39, 0.29) is 17.9 Å². The molecule has 1 atom stereocenters. The van der Waals surface area contributed by atoms with Crippen molar-refractivity contribution in [2.45, 2.75) is 13.0 Å². The molecule has 0 bridgehead atoms. The van der Waals surface area contributed by atoms with Gasteiger partial charge in [-0.3, -0.25) is 9.59 Å². The maximum absolute atomic E-state index is 12.6. The summed E-state index contributed by atoms with van der Waals surface area (Å²) in [6.45, 7) is 1.85. The van der Waals surface area contributed by atoms with Crippen molar-refractivity contribution in [1.29, 1.82) is 0 Å². The van der Waals surface area contributed by atoms with E-state index in [0.29, 0.717) is 22.4 Å². The monoisotopic (exact) mass is 402 g/mol. The summed E-state index contributed by atoms with van der Waals surface area (Å²) >= 11 is 0. The average Bonchev–Trinajstić information content (AvgIpc) is 2.79. The molecule has 152 valence electrons. The number of methoxy groups -OCH3 is 1. The van der Waals surface area contributed by atoms with Crippen LogP contribution in [0.25, 0.3) is 0 Å². The number of benzene rings is 3. The summed E-state index contributed by atoms with van der Waals surface area (Å²) in [7, 11) is 1.29. The summed E-state index contributed by atoms with van der Waals surface area (Å²) in [5.41, 5.74) is 2.70. The third-order valence-corrected chi connectivity index (χ3v) is 4.57. The molecule has 6 nitrogen and oxygen atoms in total. The van der Waals surface area contributed by atoms with Crippen LogP contribution in [0.15, 0.2) is 78.9 Å². The SMILES string of the molecule is COC(=O)c1cccc(C(=O)N[C@@H](C)c2cccc(NC(=O)c3ccccc3)c2)c1. The molecule has 0 aliphatic carbocycles. The number of carbonyl (C=O) groups excluding carboxylic acids is 3. The van der Waals surface area contributed by atoms with Gasteiger partial charge in [0.1, 0.15) is 0 Å². The first kappa shape index (κ1) is 20.8. The van der Waals surface area contributed by atoms with Crippen LogP contribution in [-0.4, -0.2) is 24.9 Å². The molecule has 0 aliphatic rings. The molecule has 6 heteroatoms. The normalized spacial score (nSPS) is 11.3. The highest BCUT2D eigenvalue weighted by molar-refractivity contribution is 6.04. The second kappa shape index (κ2) is 9.52. The molecule has 30 heavy (non-hydrogen) atoms. The van der Waals surface area contributed by atoms with E-state index < -0.39 is 5.97 Å². The predicted octanol–water partition coefficient (Wildman–Crippen LogP) is 4.22. The molecule has 0 fully saturated rings. The Kier molecular flexibility index (Phi) is 6.60. The van der Waals surface area contributed by atoms with Gasteiger partial charge in [0.25, 0.3) is 11.8 Å². The molecule has 0 spiro atoms. The quantitative estimate of drug-likeness (QED) is 0.605. The fourth-order valence-corrected chi connectivity index (χ4v) is 2.95. The summed E-state index contributed by atoms with van der Waals surface area (Å²) in [4.78, 5) is 36.6. The Balaban J connectivity index is 1.69. The van der Waals surface area contributed by atoms with E-state index in [4.69, 9.17) is 4.74 Å². The Hall–Kier alpha value is -3.93. The van der Waals surface area contributed by atoms with Crippen molar-refractivity contribution in [1.82, 2.24) is 5.32 Å². The molecule has 0 saturated heterocycles. The summed E-state index contributed by atoms with van der Waals surface area (Å²) in [6.07, 6.45) is 0. The molecular formula is C24H22N2O4. The Morgan fingerprint density at radius 3 is 2.17 bits per heavy atom. The molecule has 0 aromatic heterocycles. The Bertz CT molecular complexity index is 1060. The van der Waals surface area contributed by atoms with Gasteiger partial charge in [0.2, 0.25) is 0 Å². The first-order valence-corrected chi connectivity index (χ1v) is 9.43. The standard InChI is InChI=1S/C24H22N2O4/c1-16(25-23(28)19-11-6-12-20(14-19)24(29)30-2)18-10-7-13-21(15-18)26-22(27)17-8-4-3-5-9-17/h3-16H,1-2H3,(H,25,28)(H,26,27)/t16-/m0/s1. The van der Waals surface area contributed by atoms with Crippen molar-refractivity contribution in [3.05, 3.63) is 101 Å². The lowest BCUT2D eigenvalue weighted by Gasteiger charge is -2.16. The van der Waals surface area contributed by atoms with Gasteiger partial charge in [0.15, 0.2) is 0 Å². The number of esters is 1. The first-order valence-electron chi connectivity index (χ1n) is 9.43. The number of amides is 2. The van der Waals surface area contributed by atoms with Crippen LogP contribution in [0.3, 0.4) is 0 Å². The number of nitrogens with one attached hydrogen (secondary N) is 2. The lowest BCUT2D eigenvalue weighted by molar-refractivity contribution is 0.0600. The minimum Gasteiger partial charge on any atom is -0.465 e. The number of carbonyl (C=O) groups is 3. The van der Waals surface area contributed by atoms with Crippen molar-refractivity contribution >= 4 is 23.5 Å². The lowest BCUT2D eigenvalue weighted by Crippen LogP contribution is -2.27. The second-order valence-electron chi connectivity index (χ2n) is 6.71. The highest BCUT2D eigenvalue weighted by Gasteiger charge is 2.15. The zero-order valence-electron chi connectivity index (χ0n) is 16.7. The van der Waals surface area contributed by atoms with Crippen LogP contribution in [0.2, 0.25) is 0 Å². The third-order valence-electron chi connectivity index (χ3n) is 4.57. The summed E-state index contributed by atoms with van der Waals surface area (Å²) in [6, 6.07) is 22.3. The van der Waals surface area contributed by atoms with E-state index in [0.717, 1.165) is 5.56 Å². The molecule has 3 aromatic rings. The molecule has 0 saturated carbocycles. The van der Waals surface area contributed by atoms with Crippen molar-refractivity contribution < 1.29 is 19.1 Å². The topological polar surface area (TPSA) is 84.5 Å².